The van der Waals surface area contributed by atoms with Gasteiger partial charge in [0.1, 0.15) is 0 Å². The van der Waals surface area contributed by atoms with Gasteiger partial charge < -0.3 is 5.73 Å². The van der Waals surface area contributed by atoms with Gasteiger partial charge in [-0.1, -0.05) is 11.8 Å². The van der Waals surface area contributed by atoms with Crippen LogP contribution in [0.4, 0.5) is 0 Å². The van der Waals surface area contributed by atoms with Gasteiger partial charge in [0.05, 0.1) is 12.4 Å². The summed E-state index contributed by atoms with van der Waals surface area (Å²) in [6.45, 7) is 0.358. The first-order valence-electron chi connectivity index (χ1n) is 2.13. The molecule has 42 valence electrons. The lowest BCUT2D eigenvalue weighted by Crippen LogP contribution is -1.92. The molecule has 0 fully saturated rings. The van der Waals surface area contributed by atoms with Crippen LogP contribution in [-0.2, 0) is 0 Å². The van der Waals surface area contributed by atoms with Gasteiger partial charge in [0.2, 0.25) is 0 Å². The van der Waals surface area contributed by atoms with E-state index in [2.05, 4.69) is 23.7 Å². The van der Waals surface area contributed by atoms with E-state index in [0.29, 0.717) is 12.4 Å². The Hall–Kier alpha value is -0.630. The van der Waals surface area contributed by atoms with E-state index in [1.54, 1.807) is 0 Å². The Morgan fingerprint density at radius 2 is 1.88 bits per heavy atom. The van der Waals surface area contributed by atoms with Crippen molar-refractivity contribution in [2.45, 2.75) is 0 Å². The lowest BCUT2D eigenvalue weighted by atomic mass is 10.5. The Bertz CT molecular complexity index is 133. The molecule has 2 heteroatoms. The fourth-order valence-electron chi connectivity index (χ4n) is 0.173. The molecule has 8 heavy (non-hydrogen) atoms. The van der Waals surface area contributed by atoms with Gasteiger partial charge in [0, 0.05) is 0 Å². The van der Waals surface area contributed by atoms with Crippen LogP contribution < -0.4 is 5.73 Å². The zero-order valence-electron chi connectivity index (χ0n) is 4.37. The van der Waals surface area contributed by atoms with E-state index in [4.69, 9.17) is 17.3 Å². The molecule has 0 bridgehead atoms. The van der Waals surface area contributed by atoms with E-state index in [1.165, 1.54) is 0 Å². The average Bonchev–Trinajstić information content (AvgIpc) is 1.81. The van der Waals surface area contributed by atoms with Gasteiger partial charge in [-0.25, -0.2) is 0 Å². The molecule has 0 aliphatic carbocycles. The minimum atomic E-state index is 0.333. The third kappa shape index (κ3) is 5.37. The van der Waals surface area contributed by atoms with Crippen molar-refractivity contribution in [2.75, 3.05) is 12.4 Å². The summed E-state index contributed by atoms with van der Waals surface area (Å²) >= 11 is 5.21. The van der Waals surface area contributed by atoms with Crippen LogP contribution in [0, 0.1) is 23.7 Å². The molecule has 0 heterocycles. The van der Waals surface area contributed by atoms with Crippen molar-refractivity contribution in [3.05, 3.63) is 0 Å². The molecule has 0 saturated carbocycles. The molecule has 0 aromatic heterocycles. The van der Waals surface area contributed by atoms with Crippen LogP contribution in [0.3, 0.4) is 0 Å². The minimum absolute atomic E-state index is 0.333. The molecule has 0 amide bonds. The fourth-order valence-corrected chi connectivity index (χ4v) is 0.240. The summed E-state index contributed by atoms with van der Waals surface area (Å²) < 4.78 is 0. The second kappa shape index (κ2) is 6.37. The van der Waals surface area contributed by atoms with Gasteiger partial charge in [-0.3, -0.25) is 0 Å². The average molecular weight is 128 g/mol. The molecule has 1 nitrogen and oxygen atoms in total. The molecule has 0 aliphatic heterocycles. The normalized spacial score (nSPS) is 5.75. The van der Waals surface area contributed by atoms with Crippen LogP contribution in [0.1, 0.15) is 0 Å². The standard InChI is InChI=1S/C6H6ClN/c7-5-3-1-2-4-6-8/h5-6,8H2. The molecule has 0 aliphatic rings. The van der Waals surface area contributed by atoms with E-state index in [0.717, 1.165) is 0 Å². The lowest BCUT2D eigenvalue weighted by molar-refractivity contribution is 1.30. The van der Waals surface area contributed by atoms with E-state index in [-0.39, 0.29) is 0 Å². The maximum atomic E-state index is 5.21. The molecule has 0 aromatic rings. The van der Waals surface area contributed by atoms with Crippen LogP contribution in [-0.4, -0.2) is 12.4 Å². The smallest absolute Gasteiger partial charge is 0.0845 e. The highest BCUT2D eigenvalue weighted by molar-refractivity contribution is 6.19. The summed E-state index contributed by atoms with van der Waals surface area (Å²) in [7, 11) is 0. The van der Waals surface area contributed by atoms with Crippen LogP contribution in [0.5, 0.6) is 0 Å². The van der Waals surface area contributed by atoms with E-state index >= 15 is 0 Å². The first-order valence-corrected chi connectivity index (χ1v) is 2.67. The molecule has 2 N–H and O–H groups in total. The maximum Gasteiger partial charge on any atom is 0.0845 e. The maximum absolute atomic E-state index is 5.21. The Morgan fingerprint density at radius 1 is 1.25 bits per heavy atom. The molecule has 0 saturated heterocycles. The van der Waals surface area contributed by atoms with E-state index < -0.39 is 0 Å². The van der Waals surface area contributed by atoms with E-state index in [9.17, 15) is 0 Å². The third-order valence-corrected chi connectivity index (χ3v) is 0.542. The molecule has 0 aromatic carbocycles. The molecule has 0 rings (SSSR count). The third-order valence-electron chi connectivity index (χ3n) is 0.408. The molecular weight excluding hydrogens is 122 g/mol. The van der Waals surface area contributed by atoms with Crippen molar-refractivity contribution in [2.24, 2.45) is 5.73 Å². The van der Waals surface area contributed by atoms with Gasteiger partial charge in [0.25, 0.3) is 0 Å². The molecule has 0 spiro atoms. The molecule has 0 radical (unpaired) electrons. The van der Waals surface area contributed by atoms with Crippen LogP contribution in [0.15, 0.2) is 0 Å². The van der Waals surface area contributed by atoms with Crippen molar-refractivity contribution >= 4 is 11.6 Å². The zero-order chi connectivity index (χ0) is 6.24. The quantitative estimate of drug-likeness (QED) is 0.365. The van der Waals surface area contributed by atoms with Gasteiger partial charge in [-0.05, 0) is 11.8 Å². The second-order valence-electron chi connectivity index (χ2n) is 0.941. The lowest BCUT2D eigenvalue weighted by Gasteiger charge is -1.63. The van der Waals surface area contributed by atoms with Crippen molar-refractivity contribution < 1.29 is 0 Å². The Kier molecular flexibility index (Phi) is 5.87. The van der Waals surface area contributed by atoms with Crippen molar-refractivity contribution in [1.29, 1.82) is 0 Å². The number of hydrogen-bond donors (Lipinski definition) is 1. The van der Waals surface area contributed by atoms with Crippen molar-refractivity contribution in [3.63, 3.8) is 0 Å². The first kappa shape index (κ1) is 7.37. The zero-order valence-corrected chi connectivity index (χ0v) is 5.13. The van der Waals surface area contributed by atoms with Crippen molar-refractivity contribution in [1.82, 2.24) is 0 Å². The number of halogens is 1. The van der Waals surface area contributed by atoms with Gasteiger partial charge >= 0.3 is 0 Å². The molecule has 0 atom stereocenters. The molecular formula is C6H6ClN. The predicted octanol–water partition coefficient (Wildman–Crippen LogP) is 0.191. The van der Waals surface area contributed by atoms with Crippen LogP contribution in [0.25, 0.3) is 0 Å². The summed E-state index contributed by atoms with van der Waals surface area (Å²) in [5.41, 5.74) is 5.04. The summed E-state index contributed by atoms with van der Waals surface area (Å²) in [4.78, 5) is 0. The fraction of sp³-hybridized carbons (Fsp3) is 0.333. The van der Waals surface area contributed by atoms with E-state index in [1.807, 2.05) is 0 Å². The van der Waals surface area contributed by atoms with Crippen LogP contribution >= 0.6 is 11.6 Å². The number of rotatable bonds is 0. The van der Waals surface area contributed by atoms with Gasteiger partial charge in [-0.15, -0.1) is 11.6 Å². The summed E-state index contributed by atoms with van der Waals surface area (Å²) in [5.74, 6) is 10.5. The SMILES string of the molecule is NCC#CC#CCCl. The molecule has 0 unspecified atom stereocenters. The first-order chi connectivity index (χ1) is 3.91. The predicted molar refractivity (Wildman–Crippen MR) is 35.3 cm³/mol. The largest absolute Gasteiger partial charge is 0.320 e. The number of alkyl halides is 1. The van der Waals surface area contributed by atoms with Gasteiger partial charge in [-0.2, -0.15) is 0 Å². The highest BCUT2D eigenvalue weighted by Gasteiger charge is 1.58. The Balaban J connectivity index is 3.40. The number of nitrogens with two attached hydrogens (primary N) is 1. The summed E-state index contributed by atoms with van der Waals surface area (Å²) in [6.07, 6.45) is 0. The number of hydrogen-bond acceptors (Lipinski definition) is 1. The Labute approximate surface area is 54.2 Å². The highest BCUT2D eigenvalue weighted by atomic mass is 35.5. The summed E-state index contributed by atoms with van der Waals surface area (Å²) in [5, 5.41) is 0. The highest BCUT2D eigenvalue weighted by Crippen LogP contribution is 1.65. The van der Waals surface area contributed by atoms with Crippen LogP contribution in [0.2, 0.25) is 0 Å². The Morgan fingerprint density at radius 3 is 2.38 bits per heavy atom. The minimum Gasteiger partial charge on any atom is -0.320 e. The van der Waals surface area contributed by atoms with Crippen molar-refractivity contribution in [3.8, 4) is 23.7 Å². The monoisotopic (exact) mass is 127 g/mol. The second-order valence-corrected chi connectivity index (χ2v) is 1.21. The summed E-state index contributed by atoms with van der Waals surface area (Å²) in [6, 6.07) is 0. The van der Waals surface area contributed by atoms with Gasteiger partial charge in [0.15, 0.2) is 0 Å². The topological polar surface area (TPSA) is 26.0 Å².